The second-order valence-electron chi connectivity index (χ2n) is 9.69. The number of para-hydroxylation sites is 1. The Balaban J connectivity index is 1.36. The van der Waals surface area contributed by atoms with Crippen molar-refractivity contribution in [1.82, 2.24) is 14.8 Å². The van der Waals surface area contributed by atoms with Crippen LogP contribution in [-0.2, 0) is 6.42 Å². The van der Waals surface area contributed by atoms with Gasteiger partial charge in [0.2, 0.25) is 0 Å². The third-order valence-electron chi connectivity index (χ3n) is 7.41. The smallest absolute Gasteiger partial charge is 0.0760 e. The molecule has 2 unspecified atom stereocenters. The minimum absolute atomic E-state index is 0.266. The summed E-state index contributed by atoms with van der Waals surface area (Å²) < 4.78 is 0. The third-order valence-corrected chi connectivity index (χ3v) is 7.41. The zero-order valence-corrected chi connectivity index (χ0v) is 20.2. The lowest BCUT2D eigenvalue weighted by Gasteiger charge is -2.35. The second-order valence-corrected chi connectivity index (χ2v) is 9.69. The molecule has 0 aliphatic carbocycles. The molecule has 5 rings (SSSR count). The number of fused-ring (bicyclic) bond motifs is 3. The van der Waals surface area contributed by atoms with E-state index in [4.69, 9.17) is 0 Å². The maximum Gasteiger partial charge on any atom is 0.0760 e. The fourth-order valence-electron chi connectivity index (χ4n) is 5.64. The van der Waals surface area contributed by atoms with E-state index in [1.165, 1.54) is 72.3 Å². The molecule has 2 aliphatic heterocycles. The first-order valence-electron chi connectivity index (χ1n) is 12.8. The van der Waals surface area contributed by atoms with E-state index in [0.717, 1.165) is 19.5 Å². The lowest BCUT2D eigenvalue weighted by Crippen LogP contribution is -2.36. The zero-order chi connectivity index (χ0) is 22.6. The average Bonchev–Trinajstić information content (AvgIpc) is 3.45. The molecule has 3 heterocycles. The van der Waals surface area contributed by atoms with E-state index in [1.54, 1.807) is 0 Å². The fraction of sp³-hybridized carbons (Fsp3) is 0.448. The lowest BCUT2D eigenvalue weighted by atomic mass is 9.92. The maximum atomic E-state index is 3.79. The Labute approximate surface area is 198 Å². The topological polar surface area (TPSA) is 34.3 Å². The Kier molecular flexibility index (Phi) is 6.84. The first kappa shape index (κ1) is 22.2. The normalized spacial score (nSPS) is 21.8. The summed E-state index contributed by atoms with van der Waals surface area (Å²) >= 11 is 0. The van der Waals surface area contributed by atoms with Crippen molar-refractivity contribution in [3.05, 3.63) is 77.5 Å². The standard InChI is InChI=1S/C29H38N4/c1-3-5-17-32-19-15-24(21-32)30-23-13-11-22(12-14-23)29-28-26(16-20-33(29)18-6-4-2)25-9-7-8-10-27(25)31-28/h4,6-14,24,29-31H,3,5,15-21H2,1-2H3/b6-4-. The highest BCUT2D eigenvalue weighted by molar-refractivity contribution is 5.85. The molecule has 2 atom stereocenters. The van der Waals surface area contributed by atoms with Gasteiger partial charge in [0.1, 0.15) is 0 Å². The van der Waals surface area contributed by atoms with Gasteiger partial charge in [-0.3, -0.25) is 4.90 Å². The van der Waals surface area contributed by atoms with E-state index in [0.29, 0.717) is 6.04 Å². The number of aromatic amines is 1. The molecular weight excluding hydrogens is 404 g/mol. The first-order chi connectivity index (χ1) is 16.3. The van der Waals surface area contributed by atoms with E-state index in [2.05, 4.69) is 94.6 Å². The number of hydrogen-bond donors (Lipinski definition) is 2. The molecule has 2 aliphatic rings. The number of rotatable bonds is 8. The summed E-state index contributed by atoms with van der Waals surface area (Å²) in [5, 5.41) is 5.17. The summed E-state index contributed by atoms with van der Waals surface area (Å²) in [6, 6.07) is 18.8. The summed E-state index contributed by atoms with van der Waals surface area (Å²) in [5.74, 6) is 0. The van der Waals surface area contributed by atoms with Gasteiger partial charge in [0, 0.05) is 54.5 Å². The highest BCUT2D eigenvalue weighted by atomic mass is 15.2. The molecule has 3 aromatic rings. The average molecular weight is 443 g/mol. The monoisotopic (exact) mass is 442 g/mol. The van der Waals surface area contributed by atoms with Crippen molar-refractivity contribution in [2.24, 2.45) is 0 Å². The molecule has 0 radical (unpaired) electrons. The van der Waals surface area contributed by atoms with E-state index >= 15 is 0 Å². The quantitative estimate of drug-likeness (QED) is 0.421. The molecule has 4 nitrogen and oxygen atoms in total. The van der Waals surface area contributed by atoms with Gasteiger partial charge in [-0.05, 0) is 62.1 Å². The summed E-state index contributed by atoms with van der Waals surface area (Å²) in [7, 11) is 0. The van der Waals surface area contributed by atoms with Crippen molar-refractivity contribution in [2.45, 2.75) is 51.6 Å². The molecule has 0 bridgehead atoms. The largest absolute Gasteiger partial charge is 0.381 e. The Hall–Kier alpha value is -2.56. The van der Waals surface area contributed by atoms with Crippen LogP contribution in [0.2, 0.25) is 0 Å². The molecule has 0 amide bonds. The van der Waals surface area contributed by atoms with Gasteiger partial charge in [-0.2, -0.15) is 0 Å². The molecule has 1 fully saturated rings. The molecule has 4 heteroatoms. The number of benzene rings is 2. The number of unbranched alkanes of at least 4 members (excludes halogenated alkanes) is 1. The number of allylic oxidation sites excluding steroid dienone is 1. The number of hydrogen-bond acceptors (Lipinski definition) is 3. The van der Waals surface area contributed by atoms with Gasteiger partial charge in [0.25, 0.3) is 0 Å². The molecule has 33 heavy (non-hydrogen) atoms. The molecule has 2 aromatic carbocycles. The van der Waals surface area contributed by atoms with Crippen LogP contribution in [0.25, 0.3) is 10.9 Å². The van der Waals surface area contributed by atoms with Crippen LogP contribution in [0.4, 0.5) is 5.69 Å². The number of likely N-dealkylation sites (tertiary alicyclic amines) is 1. The molecule has 0 saturated carbocycles. The van der Waals surface area contributed by atoms with Crippen LogP contribution in [0.1, 0.15) is 56.0 Å². The number of nitrogens with zero attached hydrogens (tertiary/aromatic N) is 2. The first-order valence-corrected chi connectivity index (χ1v) is 12.8. The van der Waals surface area contributed by atoms with E-state index in [9.17, 15) is 0 Å². The van der Waals surface area contributed by atoms with Crippen molar-refractivity contribution in [1.29, 1.82) is 0 Å². The number of anilines is 1. The number of aromatic nitrogens is 1. The van der Waals surface area contributed by atoms with Crippen molar-refractivity contribution in [3.63, 3.8) is 0 Å². The van der Waals surface area contributed by atoms with E-state index in [1.807, 2.05) is 0 Å². The van der Waals surface area contributed by atoms with E-state index in [-0.39, 0.29) is 6.04 Å². The van der Waals surface area contributed by atoms with Crippen molar-refractivity contribution < 1.29 is 0 Å². The summed E-state index contributed by atoms with van der Waals surface area (Å²) in [4.78, 5) is 8.98. The van der Waals surface area contributed by atoms with Crippen LogP contribution >= 0.6 is 0 Å². The second kappa shape index (κ2) is 10.1. The SMILES string of the molecule is C/C=C\CN1CCc2c([nH]c3ccccc23)C1c1ccc(NC2CCN(CCCC)C2)cc1. The Bertz CT molecular complexity index is 1080. The predicted octanol–water partition coefficient (Wildman–Crippen LogP) is 5.98. The van der Waals surface area contributed by atoms with Crippen LogP contribution in [0, 0.1) is 0 Å². The van der Waals surface area contributed by atoms with Crippen LogP contribution in [0.15, 0.2) is 60.7 Å². The van der Waals surface area contributed by atoms with Gasteiger partial charge in [-0.15, -0.1) is 0 Å². The summed E-state index contributed by atoms with van der Waals surface area (Å²) in [6.45, 7) is 10.1. The fourth-order valence-corrected chi connectivity index (χ4v) is 5.64. The predicted molar refractivity (Wildman–Crippen MR) is 140 cm³/mol. The maximum absolute atomic E-state index is 3.79. The zero-order valence-electron chi connectivity index (χ0n) is 20.2. The number of H-pyrrole nitrogens is 1. The van der Waals surface area contributed by atoms with Gasteiger partial charge in [0.15, 0.2) is 0 Å². The van der Waals surface area contributed by atoms with Gasteiger partial charge in [-0.1, -0.05) is 55.8 Å². The van der Waals surface area contributed by atoms with Crippen molar-refractivity contribution in [2.75, 3.05) is 38.0 Å². The third kappa shape index (κ3) is 4.73. The lowest BCUT2D eigenvalue weighted by molar-refractivity contribution is 0.234. The minimum atomic E-state index is 0.266. The summed E-state index contributed by atoms with van der Waals surface area (Å²) in [6.07, 6.45) is 9.37. The minimum Gasteiger partial charge on any atom is -0.381 e. The molecule has 174 valence electrons. The van der Waals surface area contributed by atoms with Crippen LogP contribution in [-0.4, -0.2) is 53.5 Å². The van der Waals surface area contributed by atoms with Gasteiger partial charge >= 0.3 is 0 Å². The van der Waals surface area contributed by atoms with Gasteiger partial charge < -0.3 is 15.2 Å². The molecule has 1 saturated heterocycles. The Morgan fingerprint density at radius 1 is 1.09 bits per heavy atom. The van der Waals surface area contributed by atoms with Gasteiger partial charge in [-0.25, -0.2) is 0 Å². The summed E-state index contributed by atoms with van der Waals surface area (Å²) in [5.41, 5.74) is 6.73. The molecular formula is C29H38N4. The van der Waals surface area contributed by atoms with E-state index < -0.39 is 0 Å². The Morgan fingerprint density at radius 2 is 1.94 bits per heavy atom. The highest BCUT2D eigenvalue weighted by Crippen LogP contribution is 2.38. The van der Waals surface area contributed by atoms with Crippen LogP contribution in [0.3, 0.4) is 0 Å². The van der Waals surface area contributed by atoms with Crippen LogP contribution in [0.5, 0.6) is 0 Å². The highest BCUT2D eigenvalue weighted by Gasteiger charge is 2.31. The Morgan fingerprint density at radius 3 is 2.76 bits per heavy atom. The number of nitrogens with one attached hydrogen (secondary N) is 2. The van der Waals surface area contributed by atoms with Gasteiger partial charge in [0.05, 0.1) is 6.04 Å². The van der Waals surface area contributed by atoms with Crippen molar-refractivity contribution in [3.8, 4) is 0 Å². The molecule has 0 spiro atoms. The van der Waals surface area contributed by atoms with Crippen LogP contribution < -0.4 is 5.32 Å². The molecule has 2 N–H and O–H groups in total. The molecule has 1 aromatic heterocycles. The van der Waals surface area contributed by atoms with Crippen molar-refractivity contribution >= 4 is 16.6 Å².